The quantitative estimate of drug-likeness (QED) is 0.823. The van der Waals surface area contributed by atoms with Crippen LogP contribution in [0.4, 0.5) is 5.69 Å². The molecule has 0 saturated carbocycles. The number of halogens is 3. The maximum absolute atomic E-state index is 12.0. The fourth-order valence-corrected chi connectivity index (χ4v) is 2.09. The topological polar surface area (TPSA) is 62.2 Å². The normalized spacial score (nSPS) is 10.3. The van der Waals surface area contributed by atoms with E-state index in [1.165, 1.54) is 30.6 Å². The number of carbonyl (C=O) groups excluding carboxylic acids is 1. The lowest BCUT2D eigenvalue weighted by Gasteiger charge is -2.08. The van der Waals surface area contributed by atoms with Crippen LogP contribution in [0.25, 0.3) is 0 Å². The zero-order valence-electron chi connectivity index (χ0n) is 9.32. The number of pyridine rings is 1. The van der Waals surface area contributed by atoms with Crippen LogP contribution >= 0.6 is 34.8 Å². The van der Waals surface area contributed by atoms with E-state index in [9.17, 15) is 9.90 Å². The highest BCUT2D eigenvalue weighted by atomic mass is 35.5. The van der Waals surface area contributed by atoms with Crippen molar-refractivity contribution in [3.8, 4) is 5.75 Å². The van der Waals surface area contributed by atoms with Gasteiger partial charge in [0.25, 0.3) is 5.91 Å². The summed E-state index contributed by atoms with van der Waals surface area (Å²) in [4.78, 5) is 15.8. The van der Waals surface area contributed by atoms with Crippen LogP contribution in [0.3, 0.4) is 0 Å². The van der Waals surface area contributed by atoms with Crippen molar-refractivity contribution in [2.24, 2.45) is 0 Å². The first-order chi connectivity index (χ1) is 8.99. The van der Waals surface area contributed by atoms with E-state index in [0.29, 0.717) is 5.69 Å². The maximum Gasteiger partial charge on any atom is 0.257 e. The van der Waals surface area contributed by atoms with Crippen LogP contribution in [-0.4, -0.2) is 16.0 Å². The molecule has 0 aliphatic rings. The lowest BCUT2D eigenvalue weighted by molar-refractivity contribution is 0.102. The summed E-state index contributed by atoms with van der Waals surface area (Å²) in [6, 6.07) is 4.26. The molecule has 0 fully saturated rings. The van der Waals surface area contributed by atoms with E-state index in [-0.39, 0.29) is 26.4 Å². The first-order valence-electron chi connectivity index (χ1n) is 5.08. The van der Waals surface area contributed by atoms with Crippen molar-refractivity contribution in [2.75, 3.05) is 5.32 Å². The zero-order chi connectivity index (χ0) is 14.0. The predicted octanol–water partition coefficient (Wildman–Crippen LogP) is 4.00. The minimum atomic E-state index is -0.426. The zero-order valence-corrected chi connectivity index (χ0v) is 11.6. The predicted molar refractivity (Wildman–Crippen MR) is 75.3 cm³/mol. The van der Waals surface area contributed by atoms with Gasteiger partial charge < -0.3 is 10.4 Å². The molecule has 0 spiro atoms. The van der Waals surface area contributed by atoms with Crippen LogP contribution in [0.5, 0.6) is 5.75 Å². The largest absolute Gasteiger partial charge is 0.505 e. The number of amides is 1. The summed E-state index contributed by atoms with van der Waals surface area (Å²) >= 11 is 17.4. The van der Waals surface area contributed by atoms with Gasteiger partial charge in [-0.2, -0.15) is 0 Å². The third kappa shape index (κ3) is 3.10. The van der Waals surface area contributed by atoms with Gasteiger partial charge in [-0.25, -0.2) is 0 Å². The Morgan fingerprint density at radius 1 is 1.16 bits per heavy atom. The summed E-state index contributed by atoms with van der Waals surface area (Å²) in [7, 11) is 0. The van der Waals surface area contributed by atoms with E-state index in [0.717, 1.165) is 0 Å². The first-order valence-corrected chi connectivity index (χ1v) is 6.21. The van der Waals surface area contributed by atoms with Gasteiger partial charge in [0, 0.05) is 18.1 Å². The van der Waals surface area contributed by atoms with Crippen molar-refractivity contribution >= 4 is 46.4 Å². The van der Waals surface area contributed by atoms with Gasteiger partial charge in [0.05, 0.1) is 20.6 Å². The Labute approximate surface area is 123 Å². The van der Waals surface area contributed by atoms with Crippen molar-refractivity contribution in [1.29, 1.82) is 0 Å². The smallest absolute Gasteiger partial charge is 0.257 e. The Hall–Kier alpha value is -1.49. The molecule has 0 saturated heterocycles. The number of hydrogen-bond donors (Lipinski definition) is 2. The van der Waals surface area contributed by atoms with Gasteiger partial charge in [0.1, 0.15) is 0 Å². The molecule has 0 radical (unpaired) electrons. The van der Waals surface area contributed by atoms with Crippen molar-refractivity contribution in [3.05, 3.63) is 51.2 Å². The second-order valence-electron chi connectivity index (χ2n) is 3.60. The third-order valence-electron chi connectivity index (χ3n) is 2.29. The highest BCUT2D eigenvalue weighted by molar-refractivity contribution is 6.38. The molecule has 0 aliphatic heterocycles. The van der Waals surface area contributed by atoms with Gasteiger partial charge in [-0.05, 0) is 18.2 Å². The number of nitrogens with zero attached hydrogens (tertiary/aromatic N) is 1. The number of phenolic OH excluding ortho intramolecular Hbond substituents is 1. The van der Waals surface area contributed by atoms with Crippen molar-refractivity contribution < 1.29 is 9.90 Å². The summed E-state index contributed by atoms with van der Waals surface area (Å²) in [5, 5.41) is 12.3. The molecule has 1 aromatic heterocycles. The van der Waals surface area contributed by atoms with E-state index in [2.05, 4.69) is 10.3 Å². The van der Waals surface area contributed by atoms with E-state index in [1.807, 2.05) is 0 Å². The van der Waals surface area contributed by atoms with Crippen LogP contribution in [0.2, 0.25) is 15.1 Å². The summed E-state index contributed by atoms with van der Waals surface area (Å²) in [6.45, 7) is 0. The molecule has 2 N–H and O–H groups in total. The molecular formula is C12H7Cl3N2O2. The minimum Gasteiger partial charge on any atom is -0.505 e. The summed E-state index contributed by atoms with van der Waals surface area (Å²) < 4.78 is 0. The molecule has 4 nitrogen and oxygen atoms in total. The Kier molecular flexibility index (Phi) is 4.14. The van der Waals surface area contributed by atoms with E-state index in [1.54, 1.807) is 0 Å². The first kappa shape index (κ1) is 13.9. The average molecular weight is 318 g/mol. The molecule has 0 unspecified atom stereocenters. The van der Waals surface area contributed by atoms with Gasteiger partial charge in [-0.15, -0.1) is 0 Å². The number of anilines is 1. The standard InChI is InChI=1S/C12H7Cl3N2O2/c13-8-3-6(4-9(14)11(8)18)17-12(19)7-1-2-16-5-10(7)15/h1-5,18H,(H,17,19). The molecule has 19 heavy (non-hydrogen) atoms. The molecule has 2 aromatic rings. The number of phenols is 1. The maximum atomic E-state index is 12.0. The van der Waals surface area contributed by atoms with E-state index < -0.39 is 5.91 Å². The molecule has 98 valence electrons. The number of nitrogens with one attached hydrogen (secondary N) is 1. The van der Waals surface area contributed by atoms with Gasteiger partial charge >= 0.3 is 0 Å². The molecular weight excluding hydrogens is 311 g/mol. The lowest BCUT2D eigenvalue weighted by atomic mass is 10.2. The second-order valence-corrected chi connectivity index (χ2v) is 4.82. The van der Waals surface area contributed by atoms with Gasteiger partial charge in [-0.1, -0.05) is 34.8 Å². The fourth-order valence-electron chi connectivity index (χ4n) is 1.40. The Morgan fingerprint density at radius 3 is 2.37 bits per heavy atom. The van der Waals surface area contributed by atoms with Gasteiger partial charge in [0.15, 0.2) is 5.75 Å². The molecule has 1 amide bonds. The number of rotatable bonds is 2. The van der Waals surface area contributed by atoms with Crippen LogP contribution in [0.15, 0.2) is 30.6 Å². The number of carbonyl (C=O) groups is 1. The molecule has 0 atom stereocenters. The van der Waals surface area contributed by atoms with Crippen molar-refractivity contribution in [3.63, 3.8) is 0 Å². The summed E-state index contributed by atoms with van der Waals surface area (Å²) in [5.74, 6) is -0.659. The molecule has 2 rings (SSSR count). The van der Waals surface area contributed by atoms with Crippen LogP contribution in [0.1, 0.15) is 10.4 Å². The van der Waals surface area contributed by atoms with Gasteiger partial charge in [0.2, 0.25) is 0 Å². The summed E-state index contributed by atoms with van der Waals surface area (Å²) in [6.07, 6.45) is 2.82. The third-order valence-corrected chi connectivity index (χ3v) is 3.17. The van der Waals surface area contributed by atoms with E-state index in [4.69, 9.17) is 34.8 Å². The van der Waals surface area contributed by atoms with Gasteiger partial charge in [-0.3, -0.25) is 9.78 Å². The van der Waals surface area contributed by atoms with Crippen LogP contribution in [-0.2, 0) is 0 Å². The fraction of sp³-hybridized carbons (Fsp3) is 0. The van der Waals surface area contributed by atoms with Crippen molar-refractivity contribution in [2.45, 2.75) is 0 Å². The van der Waals surface area contributed by atoms with Crippen LogP contribution < -0.4 is 5.32 Å². The van der Waals surface area contributed by atoms with Crippen LogP contribution in [0, 0.1) is 0 Å². The molecule has 7 heteroatoms. The number of benzene rings is 1. The monoisotopic (exact) mass is 316 g/mol. The Bertz CT molecular complexity index is 624. The molecule has 0 aliphatic carbocycles. The number of aromatic hydroxyl groups is 1. The molecule has 1 aromatic carbocycles. The lowest BCUT2D eigenvalue weighted by Crippen LogP contribution is -2.12. The molecule has 1 heterocycles. The summed E-state index contributed by atoms with van der Waals surface area (Å²) in [5.41, 5.74) is 0.627. The Morgan fingerprint density at radius 2 is 1.79 bits per heavy atom. The van der Waals surface area contributed by atoms with Crippen molar-refractivity contribution in [1.82, 2.24) is 4.98 Å². The highest BCUT2D eigenvalue weighted by Gasteiger charge is 2.12. The van der Waals surface area contributed by atoms with E-state index >= 15 is 0 Å². The number of aromatic nitrogens is 1. The second kappa shape index (κ2) is 5.65. The number of hydrogen-bond acceptors (Lipinski definition) is 3. The minimum absolute atomic E-state index is 0.0450. The molecule has 0 bridgehead atoms. The highest BCUT2D eigenvalue weighted by Crippen LogP contribution is 2.34. The Balaban J connectivity index is 2.27. The average Bonchev–Trinajstić information content (AvgIpc) is 2.36. The SMILES string of the molecule is O=C(Nc1cc(Cl)c(O)c(Cl)c1)c1ccncc1Cl.